The molecule has 0 amide bonds. The van der Waals surface area contributed by atoms with Crippen molar-refractivity contribution in [3.8, 4) is 23.0 Å². The van der Waals surface area contributed by atoms with E-state index in [1.54, 1.807) is 18.2 Å². The van der Waals surface area contributed by atoms with E-state index in [4.69, 9.17) is 9.47 Å². The van der Waals surface area contributed by atoms with E-state index < -0.39 is 5.78 Å². The molecule has 25 heavy (non-hydrogen) atoms. The van der Waals surface area contributed by atoms with Crippen molar-refractivity contribution in [2.45, 2.75) is 19.8 Å². The molecule has 0 aromatic heterocycles. The van der Waals surface area contributed by atoms with E-state index in [1.807, 2.05) is 6.92 Å². The fourth-order valence-electron chi connectivity index (χ4n) is 2.49. The number of phenols is 2. The van der Waals surface area contributed by atoms with Crippen molar-refractivity contribution < 1.29 is 24.5 Å². The Morgan fingerprint density at radius 1 is 1.20 bits per heavy atom. The molecule has 2 N–H and O–H groups in total. The molecule has 0 atom stereocenters. The lowest BCUT2D eigenvalue weighted by atomic mass is 9.97. The Hall–Kier alpha value is -2.95. The largest absolute Gasteiger partial charge is 0.507 e. The highest BCUT2D eigenvalue weighted by molar-refractivity contribution is 6.12. The molecule has 0 aliphatic heterocycles. The van der Waals surface area contributed by atoms with Crippen LogP contribution >= 0.6 is 0 Å². The minimum absolute atomic E-state index is 0.0915. The fourth-order valence-corrected chi connectivity index (χ4v) is 2.49. The summed E-state index contributed by atoms with van der Waals surface area (Å²) in [5.41, 5.74) is 0.662. The van der Waals surface area contributed by atoms with Crippen LogP contribution in [-0.2, 0) is 6.42 Å². The number of allylic oxidation sites excluding steroid dienone is 1. The second-order valence-corrected chi connectivity index (χ2v) is 5.49. The third-order valence-corrected chi connectivity index (χ3v) is 3.74. The van der Waals surface area contributed by atoms with Crippen LogP contribution in [-0.4, -0.2) is 29.7 Å². The van der Waals surface area contributed by atoms with Crippen LogP contribution in [0.25, 0.3) is 0 Å². The number of benzene rings is 2. The number of carbonyl (C=O) groups excluding carboxylic acids is 1. The molecule has 0 aliphatic carbocycles. The van der Waals surface area contributed by atoms with Crippen molar-refractivity contribution in [1.82, 2.24) is 0 Å². The summed E-state index contributed by atoms with van der Waals surface area (Å²) in [6.07, 6.45) is 2.81. The Morgan fingerprint density at radius 3 is 2.52 bits per heavy atom. The maximum Gasteiger partial charge on any atom is 0.200 e. The first-order valence-electron chi connectivity index (χ1n) is 8.03. The van der Waals surface area contributed by atoms with Gasteiger partial charge in [0.05, 0.1) is 24.8 Å². The van der Waals surface area contributed by atoms with Crippen LogP contribution < -0.4 is 9.47 Å². The molecule has 0 unspecified atom stereocenters. The average molecular weight is 342 g/mol. The van der Waals surface area contributed by atoms with Gasteiger partial charge in [0, 0.05) is 11.6 Å². The van der Waals surface area contributed by atoms with Gasteiger partial charge in [-0.15, -0.1) is 6.58 Å². The molecule has 132 valence electrons. The summed E-state index contributed by atoms with van der Waals surface area (Å²) in [6, 6.07) is 7.59. The third kappa shape index (κ3) is 3.94. The van der Waals surface area contributed by atoms with Crippen LogP contribution in [0, 0.1) is 0 Å². The van der Waals surface area contributed by atoms with Crippen molar-refractivity contribution in [2.24, 2.45) is 0 Å². The predicted octanol–water partition coefficient (Wildman–Crippen LogP) is 3.85. The lowest BCUT2D eigenvalue weighted by molar-refractivity contribution is 0.103. The number of aromatic hydroxyl groups is 2. The topological polar surface area (TPSA) is 76.0 Å². The van der Waals surface area contributed by atoms with Crippen LogP contribution in [0.5, 0.6) is 23.0 Å². The summed E-state index contributed by atoms with van der Waals surface area (Å²) < 4.78 is 10.6. The Kier molecular flexibility index (Phi) is 6.06. The van der Waals surface area contributed by atoms with Gasteiger partial charge in [-0.25, -0.2) is 0 Å². The van der Waals surface area contributed by atoms with E-state index in [9.17, 15) is 15.0 Å². The second-order valence-electron chi connectivity index (χ2n) is 5.49. The van der Waals surface area contributed by atoms with Gasteiger partial charge in [-0.3, -0.25) is 4.79 Å². The highest BCUT2D eigenvalue weighted by Gasteiger charge is 2.21. The summed E-state index contributed by atoms with van der Waals surface area (Å²) >= 11 is 0. The summed E-state index contributed by atoms with van der Waals surface area (Å²) in [4.78, 5) is 12.7. The predicted molar refractivity (Wildman–Crippen MR) is 95.9 cm³/mol. The molecule has 0 spiro atoms. The molecule has 2 aromatic rings. The Bertz CT molecular complexity index is 780. The molecule has 0 fully saturated rings. The van der Waals surface area contributed by atoms with Crippen molar-refractivity contribution in [1.29, 1.82) is 0 Å². The van der Waals surface area contributed by atoms with Crippen molar-refractivity contribution in [3.63, 3.8) is 0 Å². The van der Waals surface area contributed by atoms with Gasteiger partial charge in [-0.05, 0) is 37.1 Å². The monoisotopic (exact) mass is 342 g/mol. The lowest BCUT2D eigenvalue weighted by Gasteiger charge is -2.13. The molecule has 0 aliphatic rings. The van der Waals surface area contributed by atoms with Crippen LogP contribution in [0.2, 0.25) is 0 Å². The minimum atomic E-state index is -0.481. The van der Waals surface area contributed by atoms with Gasteiger partial charge >= 0.3 is 0 Å². The number of ether oxygens (including phenoxy) is 2. The van der Waals surface area contributed by atoms with E-state index in [2.05, 4.69) is 6.58 Å². The highest BCUT2D eigenvalue weighted by Crippen LogP contribution is 2.35. The molecule has 2 aromatic carbocycles. The molecular weight excluding hydrogens is 320 g/mol. The van der Waals surface area contributed by atoms with Crippen LogP contribution in [0.4, 0.5) is 0 Å². The van der Waals surface area contributed by atoms with E-state index in [1.165, 1.54) is 25.3 Å². The van der Waals surface area contributed by atoms with E-state index >= 15 is 0 Å². The zero-order chi connectivity index (χ0) is 18.4. The van der Waals surface area contributed by atoms with Crippen LogP contribution in [0.3, 0.4) is 0 Å². The smallest absolute Gasteiger partial charge is 0.200 e. The van der Waals surface area contributed by atoms with E-state index in [-0.39, 0.29) is 22.6 Å². The van der Waals surface area contributed by atoms with Crippen LogP contribution in [0.15, 0.2) is 43.0 Å². The summed E-state index contributed by atoms with van der Waals surface area (Å²) in [6.45, 7) is 6.15. The first kappa shape index (κ1) is 18.4. The lowest BCUT2D eigenvalue weighted by Crippen LogP contribution is -2.05. The first-order chi connectivity index (χ1) is 12.0. The van der Waals surface area contributed by atoms with Crippen LogP contribution in [0.1, 0.15) is 34.8 Å². The first-order valence-corrected chi connectivity index (χ1v) is 8.03. The Labute approximate surface area is 147 Å². The second kappa shape index (κ2) is 8.24. The number of hydrogen-bond acceptors (Lipinski definition) is 5. The molecular formula is C20H22O5. The van der Waals surface area contributed by atoms with Gasteiger partial charge in [0.25, 0.3) is 0 Å². The summed E-state index contributed by atoms with van der Waals surface area (Å²) in [7, 11) is 1.49. The maximum absolute atomic E-state index is 12.7. The Balaban J connectivity index is 2.40. The molecule has 0 saturated carbocycles. The van der Waals surface area contributed by atoms with Gasteiger partial charge in [-0.2, -0.15) is 0 Å². The number of phenolic OH excluding ortho intramolecular Hbond substituents is 2. The van der Waals surface area contributed by atoms with Gasteiger partial charge in [-0.1, -0.05) is 13.0 Å². The van der Waals surface area contributed by atoms with Gasteiger partial charge in [0.1, 0.15) is 23.0 Å². The molecule has 5 nitrogen and oxygen atoms in total. The zero-order valence-corrected chi connectivity index (χ0v) is 14.4. The number of rotatable bonds is 8. The summed E-state index contributed by atoms with van der Waals surface area (Å²) in [5, 5.41) is 20.6. The van der Waals surface area contributed by atoms with Gasteiger partial charge in [0.15, 0.2) is 5.78 Å². The molecule has 5 heteroatoms. The van der Waals surface area contributed by atoms with E-state index in [0.29, 0.717) is 30.1 Å². The number of carbonyl (C=O) groups is 1. The molecule has 0 heterocycles. The highest BCUT2D eigenvalue weighted by atomic mass is 16.5. The zero-order valence-electron chi connectivity index (χ0n) is 14.4. The molecule has 2 rings (SSSR count). The van der Waals surface area contributed by atoms with Gasteiger partial charge in [0.2, 0.25) is 0 Å². The SMILES string of the molecule is C=CCc1c(OC)ccc(C(=O)c2ccc(OCCC)cc2O)c1O. The van der Waals surface area contributed by atoms with Crippen molar-refractivity contribution in [2.75, 3.05) is 13.7 Å². The molecule has 0 bridgehead atoms. The molecule has 0 radical (unpaired) electrons. The van der Waals surface area contributed by atoms with Gasteiger partial charge < -0.3 is 19.7 Å². The quantitative estimate of drug-likeness (QED) is 0.563. The fraction of sp³-hybridized carbons (Fsp3) is 0.250. The normalized spacial score (nSPS) is 10.3. The third-order valence-electron chi connectivity index (χ3n) is 3.74. The minimum Gasteiger partial charge on any atom is -0.507 e. The molecule has 0 saturated heterocycles. The standard InChI is InChI=1S/C20H22O5/c1-4-6-15-18(24-3)10-9-16(20(15)23)19(22)14-8-7-13(12-17(14)21)25-11-5-2/h4,7-10,12,21,23H,1,5-6,11H2,2-3H3. The van der Waals surface area contributed by atoms with E-state index in [0.717, 1.165) is 6.42 Å². The average Bonchev–Trinajstić information content (AvgIpc) is 2.61. The van der Waals surface area contributed by atoms with Crippen molar-refractivity contribution >= 4 is 5.78 Å². The number of methoxy groups -OCH3 is 1. The number of ketones is 1. The Morgan fingerprint density at radius 2 is 1.92 bits per heavy atom. The summed E-state index contributed by atoms with van der Waals surface area (Å²) in [5.74, 6) is 0.114. The number of hydrogen-bond donors (Lipinski definition) is 2. The van der Waals surface area contributed by atoms with Crippen molar-refractivity contribution in [3.05, 3.63) is 59.7 Å². The maximum atomic E-state index is 12.7.